The fraction of sp³-hybridized carbons (Fsp3) is 0.133. The second-order valence-electron chi connectivity index (χ2n) is 4.81. The van der Waals surface area contributed by atoms with E-state index in [9.17, 15) is 13.2 Å². The average Bonchev–Trinajstić information content (AvgIpc) is 2.49. The third kappa shape index (κ3) is 4.69. The number of nitrogens with one attached hydrogen (secondary N) is 1. The summed E-state index contributed by atoms with van der Waals surface area (Å²) in [4.78, 5) is 12.1. The van der Waals surface area contributed by atoms with Gasteiger partial charge in [-0.25, -0.2) is 0 Å². The van der Waals surface area contributed by atoms with Crippen LogP contribution < -0.4 is 9.50 Å². The van der Waals surface area contributed by atoms with Gasteiger partial charge >= 0.3 is 10.3 Å². The summed E-state index contributed by atoms with van der Waals surface area (Å²) in [6.07, 6.45) is 0. The molecule has 122 valence electrons. The van der Waals surface area contributed by atoms with Gasteiger partial charge in [-0.3, -0.25) is 4.79 Å². The van der Waals surface area contributed by atoms with Gasteiger partial charge in [-0.15, -0.1) is 0 Å². The molecule has 0 saturated carbocycles. The summed E-state index contributed by atoms with van der Waals surface area (Å²) in [6, 6.07) is 12.5. The first-order chi connectivity index (χ1) is 10.8. The van der Waals surface area contributed by atoms with Gasteiger partial charge in [-0.05, 0) is 48.5 Å². The molecule has 0 aromatic heterocycles. The zero-order valence-electron chi connectivity index (χ0n) is 12.5. The fourth-order valence-electron chi connectivity index (χ4n) is 1.59. The van der Waals surface area contributed by atoms with Crippen molar-refractivity contribution < 1.29 is 17.4 Å². The number of hydrogen-bond donors (Lipinski definition) is 1. The molecule has 0 bridgehead atoms. The molecule has 0 aliphatic heterocycles. The van der Waals surface area contributed by atoms with Crippen LogP contribution >= 0.6 is 11.6 Å². The van der Waals surface area contributed by atoms with Crippen LogP contribution in [0.15, 0.2) is 48.5 Å². The number of rotatable bonds is 5. The maximum Gasteiger partial charge on any atom is 0.384 e. The minimum absolute atomic E-state index is 0.127. The number of benzene rings is 2. The van der Waals surface area contributed by atoms with Crippen LogP contribution in [-0.2, 0) is 10.3 Å². The van der Waals surface area contributed by atoms with E-state index >= 15 is 0 Å². The molecule has 2 aromatic carbocycles. The lowest BCUT2D eigenvalue weighted by atomic mass is 10.2. The molecule has 0 saturated heterocycles. The molecule has 23 heavy (non-hydrogen) atoms. The third-order valence-electron chi connectivity index (χ3n) is 2.87. The molecule has 0 heterocycles. The van der Waals surface area contributed by atoms with Gasteiger partial charge in [-0.1, -0.05) is 11.6 Å². The highest BCUT2D eigenvalue weighted by molar-refractivity contribution is 7.84. The van der Waals surface area contributed by atoms with Gasteiger partial charge < -0.3 is 9.50 Å². The minimum Gasteiger partial charge on any atom is -0.371 e. The van der Waals surface area contributed by atoms with Gasteiger partial charge in [0, 0.05) is 30.4 Å². The van der Waals surface area contributed by atoms with E-state index in [-0.39, 0.29) is 11.7 Å². The summed E-state index contributed by atoms with van der Waals surface area (Å²) in [5.74, 6) is -0.198. The SMILES string of the molecule is CN(C)S(=O)(=O)Oc1ccc(C(=O)Nc2ccc(Cl)cc2)cc1. The highest BCUT2D eigenvalue weighted by Gasteiger charge is 2.16. The van der Waals surface area contributed by atoms with Crippen LogP contribution in [0.5, 0.6) is 5.75 Å². The monoisotopic (exact) mass is 354 g/mol. The van der Waals surface area contributed by atoms with Gasteiger partial charge in [0.2, 0.25) is 0 Å². The van der Waals surface area contributed by atoms with Crippen LogP contribution in [0, 0.1) is 0 Å². The Labute approximate surface area is 139 Å². The smallest absolute Gasteiger partial charge is 0.371 e. The van der Waals surface area contributed by atoms with Crippen molar-refractivity contribution in [3.05, 3.63) is 59.1 Å². The second-order valence-corrected chi connectivity index (χ2v) is 7.00. The number of carbonyl (C=O) groups excluding carboxylic acids is 1. The predicted octanol–water partition coefficient (Wildman–Crippen LogP) is 2.78. The highest BCUT2D eigenvalue weighted by atomic mass is 35.5. The normalized spacial score (nSPS) is 11.3. The topological polar surface area (TPSA) is 75.7 Å². The Bertz CT molecular complexity index is 787. The molecule has 8 heteroatoms. The Morgan fingerprint density at radius 3 is 2.13 bits per heavy atom. The van der Waals surface area contributed by atoms with Crippen LogP contribution in [0.25, 0.3) is 0 Å². The zero-order chi connectivity index (χ0) is 17.0. The summed E-state index contributed by atoms with van der Waals surface area (Å²) in [5, 5.41) is 3.28. The Balaban J connectivity index is 2.07. The molecule has 1 N–H and O–H groups in total. The molecule has 0 aliphatic rings. The van der Waals surface area contributed by atoms with E-state index in [2.05, 4.69) is 5.32 Å². The van der Waals surface area contributed by atoms with Crippen molar-refractivity contribution in [2.45, 2.75) is 0 Å². The summed E-state index contributed by atoms with van der Waals surface area (Å²) in [6.45, 7) is 0. The second kappa shape index (κ2) is 6.99. The van der Waals surface area contributed by atoms with Crippen molar-refractivity contribution in [2.24, 2.45) is 0 Å². The maximum absolute atomic E-state index is 12.1. The average molecular weight is 355 g/mol. The summed E-state index contributed by atoms with van der Waals surface area (Å²) < 4.78 is 29.0. The molecule has 1 amide bonds. The molecule has 2 aromatic rings. The molecule has 0 spiro atoms. The molecular weight excluding hydrogens is 340 g/mol. The summed E-state index contributed by atoms with van der Waals surface area (Å²) in [7, 11) is -1.09. The first kappa shape index (κ1) is 17.3. The first-order valence-electron chi connectivity index (χ1n) is 6.57. The number of carbonyl (C=O) groups is 1. The van der Waals surface area contributed by atoms with E-state index in [0.29, 0.717) is 16.3 Å². The Morgan fingerprint density at radius 2 is 1.61 bits per heavy atom. The van der Waals surface area contributed by atoms with Crippen LogP contribution in [-0.4, -0.2) is 32.7 Å². The van der Waals surface area contributed by atoms with Crippen molar-refractivity contribution in [1.29, 1.82) is 0 Å². The zero-order valence-corrected chi connectivity index (χ0v) is 14.1. The van der Waals surface area contributed by atoms with Crippen molar-refractivity contribution in [1.82, 2.24) is 4.31 Å². The molecule has 0 atom stereocenters. The molecular formula is C15H15ClN2O4S. The molecule has 6 nitrogen and oxygen atoms in total. The largest absolute Gasteiger partial charge is 0.384 e. The molecule has 0 fully saturated rings. The van der Waals surface area contributed by atoms with Gasteiger partial charge in [0.05, 0.1) is 0 Å². The van der Waals surface area contributed by atoms with Gasteiger partial charge in [0.15, 0.2) is 0 Å². The maximum atomic E-state index is 12.1. The molecule has 2 rings (SSSR count). The Kier molecular flexibility index (Phi) is 5.25. The fourth-order valence-corrected chi connectivity index (χ4v) is 2.22. The molecule has 0 unspecified atom stereocenters. The van der Waals surface area contributed by atoms with E-state index in [1.54, 1.807) is 24.3 Å². The third-order valence-corrected chi connectivity index (χ3v) is 4.42. The predicted molar refractivity (Wildman–Crippen MR) is 89.1 cm³/mol. The van der Waals surface area contributed by atoms with Crippen LogP contribution in [0.3, 0.4) is 0 Å². The lowest BCUT2D eigenvalue weighted by molar-refractivity contribution is 0.102. The van der Waals surface area contributed by atoms with Crippen molar-refractivity contribution >= 4 is 33.5 Å². The van der Waals surface area contributed by atoms with Crippen LogP contribution in [0.1, 0.15) is 10.4 Å². The van der Waals surface area contributed by atoms with E-state index in [4.69, 9.17) is 15.8 Å². The van der Waals surface area contributed by atoms with E-state index in [0.717, 1.165) is 4.31 Å². The van der Waals surface area contributed by atoms with Crippen molar-refractivity contribution in [3.8, 4) is 5.75 Å². The summed E-state index contributed by atoms with van der Waals surface area (Å²) in [5.41, 5.74) is 0.976. The highest BCUT2D eigenvalue weighted by Crippen LogP contribution is 2.17. The Hall–Kier alpha value is -2.09. The first-order valence-corrected chi connectivity index (χ1v) is 8.31. The van der Waals surface area contributed by atoms with Crippen molar-refractivity contribution in [3.63, 3.8) is 0 Å². The van der Waals surface area contributed by atoms with Crippen LogP contribution in [0.2, 0.25) is 5.02 Å². The minimum atomic E-state index is -3.82. The van der Waals surface area contributed by atoms with E-state index < -0.39 is 10.3 Å². The lowest BCUT2D eigenvalue weighted by Gasteiger charge is -2.12. The van der Waals surface area contributed by atoms with Crippen molar-refractivity contribution in [2.75, 3.05) is 19.4 Å². The van der Waals surface area contributed by atoms with E-state index in [1.807, 2.05) is 0 Å². The number of hydrogen-bond acceptors (Lipinski definition) is 4. The number of anilines is 1. The molecule has 0 radical (unpaired) electrons. The van der Waals surface area contributed by atoms with Gasteiger partial charge in [0.1, 0.15) is 5.75 Å². The number of amides is 1. The standard InChI is InChI=1S/C15H15ClN2O4S/c1-18(2)23(20,21)22-14-9-3-11(4-10-14)15(19)17-13-7-5-12(16)6-8-13/h3-10H,1-2H3,(H,17,19). The lowest BCUT2D eigenvalue weighted by Crippen LogP contribution is -2.27. The summed E-state index contributed by atoms with van der Waals surface area (Å²) >= 11 is 5.78. The van der Waals surface area contributed by atoms with Gasteiger partial charge in [-0.2, -0.15) is 12.7 Å². The van der Waals surface area contributed by atoms with E-state index in [1.165, 1.54) is 38.4 Å². The number of halogens is 1. The quantitative estimate of drug-likeness (QED) is 0.895. The number of nitrogens with zero attached hydrogens (tertiary/aromatic N) is 1. The van der Waals surface area contributed by atoms with Crippen LogP contribution in [0.4, 0.5) is 5.69 Å². The van der Waals surface area contributed by atoms with Gasteiger partial charge in [0.25, 0.3) is 5.91 Å². The Morgan fingerprint density at radius 1 is 1.04 bits per heavy atom. The molecule has 0 aliphatic carbocycles.